The first-order valence-corrected chi connectivity index (χ1v) is 8.53. The number of likely N-dealkylation sites (N-methyl/N-ethyl adjacent to an activating group) is 1. The summed E-state index contributed by atoms with van der Waals surface area (Å²) in [5.74, 6) is 0. The molecule has 0 bridgehead atoms. The highest BCUT2D eigenvalue weighted by atomic mass is 32.1. The highest BCUT2D eigenvalue weighted by Gasteiger charge is 2.16. The van der Waals surface area contributed by atoms with Gasteiger partial charge in [-0.25, -0.2) is 4.98 Å². The Hall–Kier alpha value is -1.23. The Balaban J connectivity index is 1.85. The Bertz CT molecular complexity index is 666. The standard InChI is InChI=1S/C16H18N2S2/c1-3-11-8-9-12(19-11)10-14(17-2)16-18-13-6-4-5-7-15(13)20-16/h4-9,14,17H,3,10H2,1-2H3. The molecule has 2 heterocycles. The van der Waals surface area contributed by atoms with Crippen molar-refractivity contribution < 1.29 is 0 Å². The predicted octanol–water partition coefficient (Wildman–Crippen LogP) is 4.42. The minimum absolute atomic E-state index is 0.302. The fourth-order valence-electron chi connectivity index (χ4n) is 2.28. The number of hydrogen-bond donors (Lipinski definition) is 1. The van der Waals surface area contributed by atoms with Gasteiger partial charge in [0.1, 0.15) is 5.01 Å². The third kappa shape index (κ3) is 2.77. The maximum absolute atomic E-state index is 4.77. The number of fused-ring (bicyclic) bond motifs is 1. The van der Waals surface area contributed by atoms with Crippen LogP contribution in [-0.2, 0) is 12.8 Å². The molecule has 1 atom stereocenters. The van der Waals surface area contributed by atoms with E-state index in [1.165, 1.54) is 19.5 Å². The Labute approximate surface area is 127 Å². The van der Waals surface area contributed by atoms with Gasteiger partial charge in [0.05, 0.1) is 16.3 Å². The molecule has 2 nitrogen and oxygen atoms in total. The van der Waals surface area contributed by atoms with E-state index in [9.17, 15) is 0 Å². The van der Waals surface area contributed by atoms with E-state index in [0.717, 1.165) is 18.4 Å². The molecule has 4 heteroatoms. The van der Waals surface area contributed by atoms with Crippen molar-refractivity contribution in [3.05, 3.63) is 51.2 Å². The summed E-state index contributed by atoms with van der Waals surface area (Å²) in [6, 6.07) is 13.1. The highest BCUT2D eigenvalue weighted by Crippen LogP contribution is 2.29. The number of thiazole rings is 1. The molecule has 1 aromatic carbocycles. The Morgan fingerprint density at radius 3 is 2.60 bits per heavy atom. The molecule has 1 N–H and O–H groups in total. The van der Waals surface area contributed by atoms with Gasteiger partial charge in [-0.15, -0.1) is 22.7 Å². The molecule has 0 fully saturated rings. The second kappa shape index (κ2) is 6.04. The molecule has 3 aromatic rings. The number of rotatable bonds is 5. The first kappa shape index (κ1) is 13.7. The summed E-state index contributed by atoms with van der Waals surface area (Å²) in [6.07, 6.45) is 2.14. The van der Waals surface area contributed by atoms with Gasteiger partial charge in [-0.3, -0.25) is 0 Å². The Morgan fingerprint density at radius 1 is 1.10 bits per heavy atom. The first-order chi connectivity index (χ1) is 9.80. The molecule has 0 saturated heterocycles. The number of para-hydroxylation sites is 1. The number of nitrogens with zero attached hydrogens (tertiary/aromatic N) is 1. The van der Waals surface area contributed by atoms with Crippen LogP contribution in [0.4, 0.5) is 0 Å². The van der Waals surface area contributed by atoms with Crippen LogP contribution in [0, 0.1) is 0 Å². The molecular weight excluding hydrogens is 284 g/mol. The van der Waals surface area contributed by atoms with Gasteiger partial charge >= 0.3 is 0 Å². The molecule has 20 heavy (non-hydrogen) atoms. The largest absolute Gasteiger partial charge is 0.311 e. The van der Waals surface area contributed by atoms with Crippen LogP contribution in [0.5, 0.6) is 0 Å². The number of nitrogens with one attached hydrogen (secondary N) is 1. The summed E-state index contributed by atoms with van der Waals surface area (Å²) in [4.78, 5) is 7.66. The summed E-state index contributed by atoms with van der Waals surface area (Å²) in [7, 11) is 2.02. The summed E-state index contributed by atoms with van der Waals surface area (Å²) in [6.45, 7) is 2.21. The van der Waals surface area contributed by atoms with Crippen LogP contribution in [0.15, 0.2) is 36.4 Å². The lowest BCUT2D eigenvalue weighted by Crippen LogP contribution is -2.18. The van der Waals surface area contributed by atoms with Gasteiger partial charge in [-0.2, -0.15) is 0 Å². The minimum atomic E-state index is 0.302. The van der Waals surface area contributed by atoms with Crippen molar-refractivity contribution in [2.45, 2.75) is 25.8 Å². The molecule has 3 rings (SSSR count). The lowest BCUT2D eigenvalue weighted by molar-refractivity contribution is 0.594. The monoisotopic (exact) mass is 302 g/mol. The molecule has 0 radical (unpaired) electrons. The second-order valence-electron chi connectivity index (χ2n) is 4.79. The fraction of sp³-hybridized carbons (Fsp3) is 0.312. The molecule has 104 valence electrons. The zero-order valence-electron chi connectivity index (χ0n) is 11.7. The maximum atomic E-state index is 4.77. The zero-order valence-corrected chi connectivity index (χ0v) is 13.4. The predicted molar refractivity (Wildman–Crippen MR) is 88.8 cm³/mol. The van der Waals surface area contributed by atoms with Gasteiger partial charge < -0.3 is 5.32 Å². The number of benzene rings is 1. The molecule has 1 unspecified atom stereocenters. The van der Waals surface area contributed by atoms with Crippen LogP contribution in [0.1, 0.15) is 27.7 Å². The molecule has 0 amide bonds. The lowest BCUT2D eigenvalue weighted by atomic mass is 10.2. The van der Waals surface area contributed by atoms with Crippen LogP contribution < -0.4 is 5.32 Å². The van der Waals surface area contributed by atoms with Crippen molar-refractivity contribution in [3.63, 3.8) is 0 Å². The number of thiophene rings is 1. The van der Waals surface area contributed by atoms with E-state index in [4.69, 9.17) is 4.98 Å². The van der Waals surface area contributed by atoms with Gasteiger partial charge in [0.25, 0.3) is 0 Å². The SMILES string of the molecule is CCc1ccc(CC(NC)c2nc3ccccc3s2)s1. The summed E-state index contributed by atoms with van der Waals surface area (Å²) in [5.41, 5.74) is 1.10. The third-order valence-electron chi connectivity index (χ3n) is 3.43. The molecule has 2 aromatic heterocycles. The van der Waals surface area contributed by atoms with Gasteiger partial charge in [0.15, 0.2) is 0 Å². The van der Waals surface area contributed by atoms with Crippen LogP contribution in [-0.4, -0.2) is 12.0 Å². The van der Waals surface area contributed by atoms with Crippen LogP contribution in [0.2, 0.25) is 0 Å². The number of hydrogen-bond acceptors (Lipinski definition) is 4. The summed E-state index contributed by atoms with van der Waals surface area (Å²) < 4.78 is 1.27. The van der Waals surface area contributed by atoms with Crippen molar-refractivity contribution in [3.8, 4) is 0 Å². The highest BCUT2D eigenvalue weighted by molar-refractivity contribution is 7.18. The number of aromatic nitrogens is 1. The normalized spacial score (nSPS) is 12.9. The van der Waals surface area contributed by atoms with E-state index in [1.54, 1.807) is 11.3 Å². The van der Waals surface area contributed by atoms with E-state index in [1.807, 2.05) is 24.5 Å². The smallest absolute Gasteiger partial charge is 0.111 e. The van der Waals surface area contributed by atoms with Crippen molar-refractivity contribution in [2.24, 2.45) is 0 Å². The second-order valence-corrected chi connectivity index (χ2v) is 7.10. The first-order valence-electron chi connectivity index (χ1n) is 6.90. The topological polar surface area (TPSA) is 24.9 Å². The molecule has 0 aliphatic rings. The molecule has 0 aliphatic heterocycles. The minimum Gasteiger partial charge on any atom is -0.311 e. The molecule has 0 saturated carbocycles. The van der Waals surface area contributed by atoms with Crippen molar-refractivity contribution >= 4 is 32.9 Å². The summed E-state index contributed by atoms with van der Waals surface area (Å²) in [5, 5.41) is 4.59. The number of aryl methyl sites for hydroxylation is 1. The molecular formula is C16H18N2S2. The summed E-state index contributed by atoms with van der Waals surface area (Å²) >= 11 is 3.71. The van der Waals surface area contributed by atoms with E-state index in [-0.39, 0.29) is 0 Å². The lowest BCUT2D eigenvalue weighted by Gasteiger charge is -2.11. The Morgan fingerprint density at radius 2 is 1.90 bits per heavy atom. The Kier molecular flexibility index (Phi) is 4.15. The third-order valence-corrected chi connectivity index (χ3v) is 5.83. The fourth-order valence-corrected chi connectivity index (χ4v) is 4.36. The molecule has 0 spiro atoms. The van der Waals surface area contributed by atoms with Crippen molar-refractivity contribution in [2.75, 3.05) is 7.05 Å². The zero-order chi connectivity index (χ0) is 13.9. The maximum Gasteiger partial charge on any atom is 0.111 e. The van der Waals surface area contributed by atoms with Gasteiger partial charge in [0.2, 0.25) is 0 Å². The van der Waals surface area contributed by atoms with Crippen LogP contribution in [0.25, 0.3) is 10.2 Å². The average Bonchev–Trinajstić information content (AvgIpc) is 3.10. The van der Waals surface area contributed by atoms with Gasteiger partial charge in [-0.05, 0) is 37.7 Å². The van der Waals surface area contributed by atoms with Gasteiger partial charge in [-0.1, -0.05) is 19.1 Å². The van der Waals surface area contributed by atoms with Crippen molar-refractivity contribution in [1.82, 2.24) is 10.3 Å². The van der Waals surface area contributed by atoms with E-state index >= 15 is 0 Å². The van der Waals surface area contributed by atoms with E-state index in [2.05, 4.69) is 42.6 Å². The van der Waals surface area contributed by atoms with Crippen LogP contribution in [0.3, 0.4) is 0 Å². The van der Waals surface area contributed by atoms with Gasteiger partial charge in [0, 0.05) is 16.2 Å². The van der Waals surface area contributed by atoms with Crippen LogP contribution >= 0.6 is 22.7 Å². The average molecular weight is 302 g/mol. The quantitative estimate of drug-likeness (QED) is 0.754. The molecule has 0 aliphatic carbocycles. The van der Waals surface area contributed by atoms with E-state index < -0.39 is 0 Å². The van der Waals surface area contributed by atoms with Crippen molar-refractivity contribution in [1.29, 1.82) is 0 Å². The van der Waals surface area contributed by atoms with E-state index in [0.29, 0.717) is 6.04 Å².